The highest BCUT2D eigenvalue weighted by molar-refractivity contribution is 5.26. The summed E-state index contributed by atoms with van der Waals surface area (Å²) in [5.74, 6) is 4.29. The van der Waals surface area contributed by atoms with Crippen molar-refractivity contribution in [1.82, 2.24) is 5.32 Å². The molecule has 3 unspecified atom stereocenters. The lowest BCUT2D eigenvalue weighted by molar-refractivity contribution is 0.444. The molecule has 17 heavy (non-hydrogen) atoms. The molecule has 1 aliphatic carbocycles. The molecule has 0 spiro atoms. The Morgan fingerprint density at radius 2 is 2.18 bits per heavy atom. The van der Waals surface area contributed by atoms with Crippen molar-refractivity contribution >= 4 is 0 Å². The molecule has 1 nitrogen and oxygen atoms in total. The summed E-state index contributed by atoms with van der Waals surface area (Å²) in [4.78, 5) is 0. The van der Waals surface area contributed by atoms with Gasteiger partial charge in [-0.2, -0.15) is 0 Å². The smallest absolute Gasteiger partial charge is 0.0110 e. The van der Waals surface area contributed by atoms with Crippen LogP contribution in [-0.4, -0.2) is 12.6 Å². The summed E-state index contributed by atoms with van der Waals surface area (Å²) in [6.07, 6.45) is 8.67. The molecule has 1 heteroatoms. The van der Waals surface area contributed by atoms with Crippen molar-refractivity contribution in [3.8, 4) is 12.3 Å². The Hall–Kier alpha value is -1.26. The molecule has 1 aliphatic rings. The molecule has 1 aromatic rings. The quantitative estimate of drug-likeness (QED) is 0.736. The van der Waals surface area contributed by atoms with Gasteiger partial charge in [0.2, 0.25) is 0 Å². The Kier molecular flexibility index (Phi) is 4.23. The number of terminal acetylenes is 1. The van der Waals surface area contributed by atoms with Gasteiger partial charge in [-0.15, -0.1) is 12.3 Å². The van der Waals surface area contributed by atoms with Crippen molar-refractivity contribution in [2.45, 2.75) is 38.1 Å². The highest BCUT2D eigenvalue weighted by atomic mass is 14.9. The fraction of sp³-hybridized carbons (Fsp3) is 0.500. The Morgan fingerprint density at radius 1 is 1.41 bits per heavy atom. The third kappa shape index (κ3) is 3.11. The van der Waals surface area contributed by atoms with Gasteiger partial charge < -0.3 is 5.32 Å². The van der Waals surface area contributed by atoms with Gasteiger partial charge in [0.25, 0.3) is 0 Å². The number of hydrogen-bond donors (Lipinski definition) is 1. The van der Waals surface area contributed by atoms with E-state index in [9.17, 15) is 0 Å². The van der Waals surface area contributed by atoms with Gasteiger partial charge >= 0.3 is 0 Å². The molecule has 0 bridgehead atoms. The molecule has 0 amide bonds. The maximum atomic E-state index is 5.36. The average molecular weight is 227 g/mol. The topological polar surface area (TPSA) is 12.0 Å². The van der Waals surface area contributed by atoms with Gasteiger partial charge in [-0.25, -0.2) is 0 Å². The first-order valence-electron chi connectivity index (χ1n) is 6.58. The maximum absolute atomic E-state index is 5.36. The predicted molar refractivity (Wildman–Crippen MR) is 72.8 cm³/mol. The van der Waals surface area contributed by atoms with E-state index in [1.165, 1.54) is 12.0 Å². The van der Waals surface area contributed by atoms with Crippen LogP contribution >= 0.6 is 0 Å². The SMILES string of the molecule is C#CCCC(NCC)C1CC1c1ccccc1. The molecule has 90 valence electrons. The standard InChI is InChI=1S/C16H21N/c1-3-5-11-16(17-4-2)15-12-14(15)13-9-7-6-8-10-13/h1,6-10,14-17H,4-5,11-12H2,2H3. The fourth-order valence-electron chi connectivity index (χ4n) is 2.71. The van der Waals surface area contributed by atoms with Crippen LogP contribution < -0.4 is 5.32 Å². The van der Waals surface area contributed by atoms with E-state index in [-0.39, 0.29) is 0 Å². The van der Waals surface area contributed by atoms with Crippen LogP contribution in [0.1, 0.15) is 37.7 Å². The highest BCUT2D eigenvalue weighted by Crippen LogP contribution is 2.50. The van der Waals surface area contributed by atoms with Gasteiger partial charge in [0.05, 0.1) is 0 Å². The van der Waals surface area contributed by atoms with Crippen LogP contribution in [0.15, 0.2) is 30.3 Å². The zero-order valence-corrected chi connectivity index (χ0v) is 10.5. The zero-order valence-electron chi connectivity index (χ0n) is 10.5. The fourth-order valence-corrected chi connectivity index (χ4v) is 2.71. The van der Waals surface area contributed by atoms with Crippen LogP contribution in [0.5, 0.6) is 0 Å². The minimum absolute atomic E-state index is 0.598. The lowest BCUT2D eigenvalue weighted by atomic mass is 10.0. The van der Waals surface area contributed by atoms with Crippen molar-refractivity contribution in [1.29, 1.82) is 0 Å². The molecule has 0 heterocycles. The number of benzene rings is 1. The van der Waals surface area contributed by atoms with Crippen LogP contribution in [0.4, 0.5) is 0 Å². The monoisotopic (exact) mass is 227 g/mol. The van der Waals surface area contributed by atoms with E-state index in [1.807, 2.05) is 0 Å². The van der Waals surface area contributed by atoms with E-state index in [0.29, 0.717) is 6.04 Å². The van der Waals surface area contributed by atoms with Crippen molar-refractivity contribution in [2.24, 2.45) is 5.92 Å². The van der Waals surface area contributed by atoms with Gasteiger partial charge in [0, 0.05) is 12.5 Å². The van der Waals surface area contributed by atoms with E-state index in [0.717, 1.165) is 31.2 Å². The average Bonchev–Trinajstić information content (AvgIpc) is 3.16. The molecule has 0 aromatic heterocycles. The molecule has 2 rings (SSSR count). The van der Waals surface area contributed by atoms with Crippen LogP contribution in [0.2, 0.25) is 0 Å². The first-order valence-corrected chi connectivity index (χ1v) is 6.58. The lowest BCUT2D eigenvalue weighted by Gasteiger charge is -2.16. The summed E-state index contributed by atoms with van der Waals surface area (Å²) in [7, 11) is 0. The van der Waals surface area contributed by atoms with E-state index in [4.69, 9.17) is 6.42 Å². The highest BCUT2D eigenvalue weighted by Gasteiger charge is 2.42. The Labute approximate surface area is 105 Å². The molecule has 1 fully saturated rings. The van der Waals surface area contributed by atoms with Crippen molar-refractivity contribution < 1.29 is 0 Å². The molecular formula is C16H21N. The minimum Gasteiger partial charge on any atom is -0.314 e. The van der Waals surface area contributed by atoms with E-state index in [1.54, 1.807) is 0 Å². The van der Waals surface area contributed by atoms with Crippen molar-refractivity contribution in [3.63, 3.8) is 0 Å². The largest absolute Gasteiger partial charge is 0.314 e. The second-order valence-corrected chi connectivity index (χ2v) is 4.82. The van der Waals surface area contributed by atoms with Crippen molar-refractivity contribution in [2.75, 3.05) is 6.54 Å². The molecule has 0 radical (unpaired) electrons. The van der Waals surface area contributed by atoms with Crippen molar-refractivity contribution in [3.05, 3.63) is 35.9 Å². The molecule has 0 saturated heterocycles. The number of hydrogen-bond acceptors (Lipinski definition) is 1. The summed E-state index contributed by atoms with van der Waals surface area (Å²) in [6, 6.07) is 11.4. The van der Waals surface area contributed by atoms with Crippen LogP contribution in [0.25, 0.3) is 0 Å². The summed E-state index contributed by atoms with van der Waals surface area (Å²) >= 11 is 0. The second kappa shape index (κ2) is 5.89. The van der Waals surface area contributed by atoms with E-state index < -0.39 is 0 Å². The molecule has 1 N–H and O–H groups in total. The molecule has 1 saturated carbocycles. The Morgan fingerprint density at radius 3 is 2.82 bits per heavy atom. The molecule has 0 aliphatic heterocycles. The zero-order chi connectivity index (χ0) is 12.1. The second-order valence-electron chi connectivity index (χ2n) is 4.82. The first-order chi connectivity index (χ1) is 8.36. The predicted octanol–water partition coefficient (Wildman–Crippen LogP) is 3.18. The normalized spacial score (nSPS) is 24.0. The molecular weight excluding hydrogens is 206 g/mol. The third-order valence-electron chi connectivity index (χ3n) is 3.65. The summed E-state index contributed by atoms with van der Waals surface area (Å²) in [6.45, 7) is 3.20. The minimum atomic E-state index is 0.598. The first kappa shape index (κ1) is 12.2. The summed E-state index contributed by atoms with van der Waals surface area (Å²) in [5.41, 5.74) is 1.49. The van der Waals surface area contributed by atoms with Gasteiger partial charge in [-0.3, -0.25) is 0 Å². The Bertz CT molecular complexity index is 376. The van der Waals surface area contributed by atoms with Crippen LogP contribution in [0, 0.1) is 18.3 Å². The third-order valence-corrected chi connectivity index (χ3v) is 3.65. The Balaban J connectivity index is 1.93. The molecule has 3 atom stereocenters. The summed E-state index contributed by atoms with van der Waals surface area (Å²) < 4.78 is 0. The lowest BCUT2D eigenvalue weighted by Crippen LogP contribution is -2.31. The van der Waals surface area contributed by atoms with Crippen LogP contribution in [-0.2, 0) is 0 Å². The summed E-state index contributed by atoms with van der Waals surface area (Å²) in [5, 5.41) is 3.58. The van der Waals surface area contributed by atoms with E-state index >= 15 is 0 Å². The van der Waals surface area contributed by atoms with Gasteiger partial charge in [-0.05, 0) is 36.8 Å². The van der Waals surface area contributed by atoms with Gasteiger partial charge in [0.15, 0.2) is 0 Å². The molecule has 1 aromatic carbocycles. The van der Waals surface area contributed by atoms with Gasteiger partial charge in [0.1, 0.15) is 0 Å². The van der Waals surface area contributed by atoms with Crippen LogP contribution in [0.3, 0.4) is 0 Å². The number of nitrogens with one attached hydrogen (secondary N) is 1. The van der Waals surface area contributed by atoms with Gasteiger partial charge in [-0.1, -0.05) is 37.3 Å². The van der Waals surface area contributed by atoms with E-state index in [2.05, 4.69) is 48.5 Å². The maximum Gasteiger partial charge on any atom is 0.0110 e. The number of rotatable bonds is 6.